The summed E-state index contributed by atoms with van der Waals surface area (Å²) in [5.41, 5.74) is 0.141. The molecule has 0 N–H and O–H groups in total. The normalized spacial score (nSPS) is 29.1. The van der Waals surface area contributed by atoms with Gasteiger partial charge in [0, 0.05) is 5.41 Å². The van der Waals surface area contributed by atoms with Crippen LogP contribution in [-0.4, -0.2) is 32.1 Å². The molecule has 0 spiro atoms. The minimum atomic E-state index is -0.486. The van der Waals surface area contributed by atoms with Gasteiger partial charge in [0.15, 0.2) is 23.9 Å². The molecule has 5 nitrogen and oxygen atoms in total. The fourth-order valence-corrected chi connectivity index (χ4v) is 6.14. The molecule has 30 heavy (non-hydrogen) atoms. The van der Waals surface area contributed by atoms with Crippen LogP contribution in [0.25, 0.3) is 0 Å². The van der Waals surface area contributed by atoms with E-state index in [1.165, 1.54) is 19.3 Å². The third-order valence-electron chi connectivity index (χ3n) is 7.32. The molecule has 0 saturated heterocycles. The Labute approximate surface area is 179 Å². The van der Waals surface area contributed by atoms with Crippen molar-refractivity contribution in [3.63, 3.8) is 0 Å². The van der Waals surface area contributed by atoms with Crippen LogP contribution in [0.5, 0.6) is 11.5 Å². The average molecular weight is 415 g/mol. The van der Waals surface area contributed by atoms with Crippen LogP contribution < -0.4 is 9.47 Å². The molecule has 0 radical (unpaired) electrons. The molecule has 0 heterocycles. The molecule has 4 bridgehead atoms. The average Bonchev–Trinajstić information content (AvgIpc) is 2.70. The first-order valence-corrected chi connectivity index (χ1v) is 11.4. The zero-order chi connectivity index (χ0) is 21.3. The van der Waals surface area contributed by atoms with Gasteiger partial charge in [-0.25, -0.2) is 4.79 Å². The van der Waals surface area contributed by atoms with Crippen LogP contribution >= 0.6 is 0 Å². The Hall–Kier alpha value is -2.04. The number of ketones is 1. The molecule has 4 fully saturated rings. The first-order valence-electron chi connectivity index (χ1n) is 11.4. The number of hydrogen-bond acceptors (Lipinski definition) is 5. The minimum Gasteiger partial charge on any atom is -0.493 e. The molecule has 5 rings (SSSR count). The number of esters is 1. The third kappa shape index (κ3) is 4.35. The lowest BCUT2D eigenvalue weighted by Crippen LogP contribution is -2.51. The first-order chi connectivity index (χ1) is 14.4. The maximum atomic E-state index is 13.1. The quantitative estimate of drug-likeness (QED) is 0.529. The maximum absolute atomic E-state index is 13.1. The van der Waals surface area contributed by atoms with Gasteiger partial charge in [-0.2, -0.15) is 0 Å². The van der Waals surface area contributed by atoms with Crippen molar-refractivity contribution in [3.05, 3.63) is 23.8 Å². The van der Waals surface area contributed by atoms with Crippen molar-refractivity contribution < 1.29 is 23.8 Å². The van der Waals surface area contributed by atoms with E-state index in [1.54, 1.807) is 25.3 Å². The Morgan fingerprint density at radius 3 is 2.23 bits per heavy atom. The number of Topliss-reactive ketones (excluding diaryl/α,β-unsaturated/α-hetero) is 1. The van der Waals surface area contributed by atoms with Crippen molar-refractivity contribution in [1.82, 2.24) is 0 Å². The van der Waals surface area contributed by atoms with Crippen LogP contribution in [0.15, 0.2) is 18.2 Å². The fraction of sp³-hybridized carbons (Fsp3) is 0.680. The van der Waals surface area contributed by atoms with E-state index in [4.69, 9.17) is 14.2 Å². The number of benzene rings is 1. The van der Waals surface area contributed by atoms with Crippen molar-refractivity contribution in [3.8, 4) is 11.5 Å². The molecule has 0 aliphatic heterocycles. The predicted molar refractivity (Wildman–Crippen MR) is 114 cm³/mol. The van der Waals surface area contributed by atoms with Gasteiger partial charge in [0.05, 0.1) is 19.3 Å². The molecule has 4 aliphatic rings. The van der Waals surface area contributed by atoms with Crippen molar-refractivity contribution >= 4 is 11.8 Å². The second-order valence-electron chi connectivity index (χ2n) is 10.1. The second-order valence-corrected chi connectivity index (χ2v) is 10.1. The van der Waals surface area contributed by atoms with Gasteiger partial charge in [-0.3, -0.25) is 4.79 Å². The number of rotatable bonds is 9. The summed E-state index contributed by atoms with van der Waals surface area (Å²) in [6, 6.07) is 5.03. The van der Waals surface area contributed by atoms with E-state index in [-0.39, 0.29) is 17.8 Å². The topological polar surface area (TPSA) is 61.8 Å². The molecule has 0 atom stereocenters. The van der Waals surface area contributed by atoms with Gasteiger partial charge in [0.2, 0.25) is 0 Å². The van der Waals surface area contributed by atoms with Crippen LogP contribution in [-0.2, 0) is 9.53 Å². The van der Waals surface area contributed by atoms with E-state index in [1.807, 2.05) is 0 Å². The Bertz CT molecular complexity index is 761. The highest BCUT2D eigenvalue weighted by Crippen LogP contribution is 2.60. The number of hydrogen-bond donors (Lipinski definition) is 0. The summed E-state index contributed by atoms with van der Waals surface area (Å²) in [5, 5.41) is 0. The van der Waals surface area contributed by atoms with Crippen molar-refractivity contribution in [2.45, 2.75) is 58.8 Å². The molecular formula is C25H34O5. The molecule has 5 heteroatoms. The van der Waals surface area contributed by atoms with E-state index < -0.39 is 5.97 Å². The maximum Gasteiger partial charge on any atom is 0.338 e. The summed E-state index contributed by atoms with van der Waals surface area (Å²) in [6.45, 7) is 4.76. The lowest BCUT2D eigenvalue weighted by Gasteiger charge is -2.55. The summed E-state index contributed by atoms with van der Waals surface area (Å²) in [7, 11) is 1.55. The van der Waals surface area contributed by atoms with Gasteiger partial charge in [0.1, 0.15) is 0 Å². The highest BCUT2D eigenvalue weighted by atomic mass is 16.5. The summed E-state index contributed by atoms with van der Waals surface area (Å²) in [4.78, 5) is 25.6. The van der Waals surface area contributed by atoms with Crippen molar-refractivity contribution in [1.29, 1.82) is 0 Å². The monoisotopic (exact) mass is 414 g/mol. The van der Waals surface area contributed by atoms with Crippen LogP contribution in [0.2, 0.25) is 0 Å². The van der Waals surface area contributed by atoms with Gasteiger partial charge >= 0.3 is 5.97 Å². The Kier molecular flexibility index (Phi) is 6.08. The van der Waals surface area contributed by atoms with Crippen molar-refractivity contribution in [2.75, 3.05) is 20.3 Å². The van der Waals surface area contributed by atoms with Gasteiger partial charge in [-0.05, 0) is 86.8 Å². The second kappa shape index (κ2) is 8.60. The van der Waals surface area contributed by atoms with Gasteiger partial charge in [-0.15, -0.1) is 0 Å². The number of carbonyl (C=O) groups is 2. The summed E-state index contributed by atoms with van der Waals surface area (Å²) in [6.07, 6.45) is 7.79. The molecule has 1 aromatic rings. The van der Waals surface area contributed by atoms with Gasteiger partial charge in [0.25, 0.3) is 0 Å². The largest absolute Gasteiger partial charge is 0.493 e. The summed E-state index contributed by atoms with van der Waals surface area (Å²) in [5.74, 6) is 3.39. The smallest absolute Gasteiger partial charge is 0.338 e. The summed E-state index contributed by atoms with van der Waals surface area (Å²) >= 11 is 0. The molecule has 1 aromatic carbocycles. The lowest BCUT2D eigenvalue weighted by molar-refractivity contribution is -0.147. The third-order valence-corrected chi connectivity index (χ3v) is 7.32. The Balaban J connectivity index is 1.35. The van der Waals surface area contributed by atoms with Crippen LogP contribution in [0.3, 0.4) is 0 Å². The molecule has 164 valence electrons. The van der Waals surface area contributed by atoms with E-state index in [0.717, 1.165) is 25.7 Å². The van der Waals surface area contributed by atoms with Crippen LogP contribution in [0.4, 0.5) is 0 Å². The number of carbonyl (C=O) groups excluding carboxylic acids is 2. The zero-order valence-corrected chi connectivity index (χ0v) is 18.4. The van der Waals surface area contributed by atoms with Gasteiger partial charge < -0.3 is 14.2 Å². The van der Waals surface area contributed by atoms with Crippen LogP contribution in [0.1, 0.15) is 69.2 Å². The fourth-order valence-electron chi connectivity index (χ4n) is 6.14. The number of ether oxygens (including phenoxy) is 3. The minimum absolute atomic E-state index is 0.121. The molecule has 4 aliphatic carbocycles. The first kappa shape index (κ1) is 21.2. The molecule has 0 aromatic heterocycles. The molecule has 0 amide bonds. The van der Waals surface area contributed by atoms with Crippen molar-refractivity contribution in [2.24, 2.45) is 29.1 Å². The number of methoxy groups -OCH3 is 1. The van der Waals surface area contributed by atoms with Crippen LogP contribution in [0, 0.1) is 29.1 Å². The predicted octanol–water partition coefficient (Wildman–Crippen LogP) is 5.06. The SMILES string of the molecule is COc1cc(C(=O)OCC(=O)C23CC4CC(CC(C4)C2)C3)ccc1OCCC(C)C. The van der Waals surface area contributed by atoms with E-state index in [9.17, 15) is 9.59 Å². The Morgan fingerprint density at radius 1 is 1.03 bits per heavy atom. The standard InChI is InChI=1S/C25H34O5/c1-16(2)6-7-29-21-5-4-20(11-22(21)28-3)24(27)30-15-23(26)25-12-17-8-18(13-25)10-19(9-17)14-25/h4-5,11,16-19H,6-10,12-15H2,1-3H3. The Morgan fingerprint density at radius 2 is 1.67 bits per heavy atom. The highest BCUT2D eigenvalue weighted by molar-refractivity contribution is 5.93. The molecular weight excluding hydrogens is 380 g/mol. The summed E-state index contributed by atoms with van der Waals surface area (Å²) < 4.78 is 16.6. The van der Waals surface area contributed by atoms with E-state index in [0.29, 0.717) is 47.3 Å². The zero-order valence-electron chi connectivity index (χ0n) is 18.4. The lowest BCUT2D eigenvalue weighted by atomic mass is 9.48. The van der Waals surface area contributed by atoms with E-state index in [2.05, 4.69) is 13.8 Å². The highest BCUT2D eigenvalue weighted by Gasteiger charge is 2.54. The molecule has 0 unspecified atom stereocenters. The van der Waals surface area contributed by atoms with E-state index >= 15 is 0 Å². The molecule has 4 saturated carbocycles. The van der Waals surface area contributed by atoms with Gasteiger partial charge in [-0.1, -0.05) is 13.8 Å².